The number of carbonyl (C=O) groups is 1. The minimum absolute atomic E-state index is 0.0540. The molecule has 29 heavy (non-hydrogen) atoms. The topological polar surface area (TPSA) is 100 Å². The van der Waals surface area contributed by atoms with Crippen molar-refractivity contribution < 1.29 is 9.72 Å². The van der Waals surface area contributed by atoms with Crippen molar-refractivity contribution in [3.63, 3.8) is 0 Å². The molecule has 0 unspecified atom stereocenters. The van der Waals surface area contributed by atoms with E-state index in [0.717, 1.165) is 33.4 Å². The van der Waals surface area contributed by atoms with Crippen LogP contribution in [0.3, 0.4) is 0 Å². The molecule has 0 fully saturated rings. The average molecular weight is 382 g/mol. The van der Waals surface area contributed by atoms with E-state index < -0.39 is 10.5 Å². The zero-order valence-electron chi connectivity index (χ0n) is 15.0. The zero-order valence-corrected chi connectivity index (χ0v) is 15.0. The first kappa shape index (κ1) is 15.9. The number of aromatic nitrogens is 1. The van der Waals surface area contributed by atoms with E-state index in [4.69, 9.17) is 0 Å². The summed E-state index contributed by atoms with van der Waals surface area (Å²) in [6.45, 7) is 0. The number of H-pyrrole nitrogens is 1. The van der Waals surface area contributed by atoms with E-state index in [2.05, 4.69) is 15.6 Å². The van der Waals surface area contributed by atoms with Gasteiger partial charge in [-0.3, -0.25) is 14.9 Å². The van der Waals surface area contributed by atoms with Gasteiger partial charge in [-0.05, 0) is 18.2 Å². The maximum Gasteiger partial charge on any atom is 0.269 e. The number of fused-ring (bicyclic) bond motifs is 8. The molecule has 1 amide bonds. The highest BCUT2D eigenvalue weighted by molar-refractivity contribution is 6.16. The van der Waals surface area contributed by atoms with Crippen LogP contribution in [0.15, 0.2) is 66.7 Å². The fraction of sp³-hybridized carbons (Fsp3) is 0.0455. The summed E-state index contributed by atoms with van der Waals surface area (Å²) >= 11 is 0. The molecule has 0 aliphatic carbocycles. The van der Waals surface area contributed by atoms with Gasteiger partial charge in [-0.2, -0.15) is 0 Å². The molecule has 0 saturated heterocycles. The van der Waals surface area contributed by atoms with Gasteiger partial charge in [0.25, 0.3) is 11.6 Å². The van der Waals surface area contributed by atoms with Gasteiger partial charge < -0.3 is 15.6 Å². The summed E-state index contributed by atoms with van der Waals surface area (Å²) < 4.78 is 0. The highest BCUT2D eigenvalue weighted by Crippen LogP contribution is 2.53. The monoisotopic (exact) mass is 382 g/mol. The summed E-state index contributed by atoms with van der Waals surface area (Å²) in [5.41, 5.74) is 4.09. The number of nitrogens with zero attached hydrogens (tertiary/aromatic N) is 1. The molecular formula is C22H14N4O3. The Morgan fingerprint density at radius 3 is 2.59 bits per heavy atom. The molecule has 3 aromatic carbocycles. The smallest absolute Gasteiger partial charge is 0.269 e. The molecule has 2 aliphatic heterocycles. The summed E-state index contributed by atoms with van der Waals surface area (Å²) in [4.78, 5) is 27.9. The number of carbonyl (C=O) groups excluding carboxylic acids is 1. The Morgan fingerprint density at radius 2 is 1.72 bits per heavy atom. The summed E-state index contributed by atoms with van der Waals surface area (Å²) in [5, 5.41) is 18.7. The molecule has 1 spiro atoms. The van der Waals surface area contributed by atoms with Gasteiger partial charge in [0.1, 0.15) is 0 Å². The number of amides is 1. The predicted octanol–water partition coefficient (Wildman–Crippen LogP) is 4.36. The maximum atomic E-state index is 13.4. The third-order valence-electron chi connectivity index (χ3n) is 5.81. The van der Waals surface area contributed by atoms with Gasteiger partial charge in [0, 0.05) is 51.1 Å². The number of anilines is 2. The second kappa shape index (κ2) is 5.23. The third kappa shape index (κ3) is 1.88. The maximum absolute atomic E-state index is 13.4. The number of hydrogen-bond donors (Lipinski definition) is 3. The van der Waals surface area contributed by atoms with Crippen LogP contribution in [0.25, 0.3) is 22.2 Å². The van der Waals surface area contributed by atoms with Crippen molar-refractivity contribution in [3.8, 4) is 11.3 Å². The van der Waals surface area contributed by atoms with E-state index >= 15 is 0 Å². The number of nitrogens with one attached hydrogen (secondary N) is 3. The van der Waals surface area contributed by atoms with E-state index in [1.54, 1.807) is 6.07 Å². The lowest BCUT2D eigenvalue weighted by atomic mass is 9.77. The number of nitro benzene ring substituents is 1. The van der Waals surface area contributed by atoms with E-state index in [1.165, 1.54) is 12.1 Å². The van der Waals surface area contributed by atoms with Gasteiger partial charge in [0.05, 0.1) is 10.6 Å². The van der Waals surface area contributed by atoms with Crippen LogP contribution >= 0.6 is 0 Å². The molecule has 2 aliphatic rings. The first-order valence-electron chi connectivity index (χ1n) is 9.19. The number of hydrogen-bond acceptors (Lipinski definition) is 4. The van der Waals surface area contributed by atoms with Crippen molar-refractivity contribution in [2.24, 2.45) is 0 Å². The van der Waals surface area contributed by atoms with Crippen LogP contribution in [-0.2, 0) is 10.3 Å². The largest absolute Gasteiger partial charge is 0.363 e. The van der Waals surface area contributed by atoms with Gasteiger partial charge in [-0.15, -0.1) is 0 Å². The summed E-state index contributed by atoms with van der Waals surface area (Å²) in [6, 6.07) is 20.0. The molecule has 0 radical (unpaired) electrons. The van der Waals surface area contributed by atoms with E-state index in [1.807, 2.05) is 48.5 Å². The first-order valence-corrected chi connectivity index (χ1v) is 9.19. The van der Waals surface area contributed by atoms with Crippen molar-refractivity contribution in [2.45, 2.75) is 5.54 Å². The Morgan fingerprint density at radius 1 is 0.931 bits per heavy atom. The summed E-state index contributed by atoms with van der Waals surface area (Å²) in [6.07, 6.45) is 0. The Kier molecular flexibility index (Phi) is 2.86. The summed E-state index contributed by atoms with van der Waals surface area (Å²) in [7, 11) is 0. The highest BCUT2D eigenvalue weighted by Gasteiger charge is 2.54. The quantitative estimate of drug-likeness (QED) is 0.336. The molecule has 0 bridgehead atoms. The Balaban J connectivity index is 1.77. The predicted molar refractivity (Wildman–Crippen MR) is 110 cm³/mol. The molecule has 6 rings (SSSR count). The lowest BCUT2D eigenvalue weighted by molar-refractivity contribution is -0.384. The highest BCUT2D eigenvalue weighted by atomic mass is 16.6. The van der Waals surface area contributed by atoms with Crippen LogP contribution < -0.4 is 10.6 Å². The van der Waals surface area contributed by atoms with Gasteiger partial charge in [-0.1, -0.05) is 36.4 Å². The van der Waals surface area contributed by atoms with Gasteiger partial charge in [0.2, 0.25) is 0 Å². The average Bonchev–Trinajstić information content (AvgIpc) is 3.25. The molecule has 7 heteroatoms. The molecular weight excluding hydrogens is 368 g/mol. The number of para-hydroxylation sites is 2. The Bertz CT molecular complexity index is 1370. The van der Waals surface area contributed by atoms with Gasteiger partial charge in [0.15, 0.2) is 5.54 Å². The van der Waals surface area contributed by atoms with Crippen molar-refractivity contribution in [1.82, 2.24) is 4.98 Å². The number of non-ortho nitro benzene ring substituents is 1. The van der Waals surface area contributed by atoms with Crippen molar-refractivity contribution in [3.05, 3.63) is 88.0 Å². The van der Waals surface area contributed by atoms with Gasteiger partial charge >= 0.3 is 0 Å². The molecule has 1 atom stereocenters. The normalized spacial score (nSPS) is 18.7. The Hall–Kier alpha value is -4.13. The van der Waals surface area contributed by atoms with Crippen LogP contribution in [0.1, 0.15) is 11.1 Å². The van der Waals surface area contributed by atoms with E-state index in [-0.39, 0.29) is 11.6 Å². The lowest BCUT2D eigenvalue weighted by Gasteiger charge is -2.35. The number of nitro groups is 1. The van der Waals surface area contributed by atoms with Crippen LogP contribution in [0.2, 0.25) is 0 Å². The van der Waals surface area contributed by atoms with Crippen LogP contribution in [-0.4, -0.2) is 15.8 Å². The second-order valence-electron chi connectivity index (χ2n) is 7.28. The van der Waals surface area contributed by atoms with Crippen LogP contribution in [0, 0.1) is 10.1 Å². The van der Waals surface area contributed by atoms with Gasteiger partial charge in [-0.25, -0.2) is 0 Å². The number of benzene rings is 3. The van der Waals surface area contributed by atoms with Crippen molar-refractivity contribution >= 4 is 33.9 Å². The van der Waals surface area contributed by atoms with E-state index in [0.29, 0.717) is 11.3 Å². The molecule has 3 heterocycles. The first-order chi connectivity index (χ1) is 14.1. The van der Waals surface area contributed by atoms with Crippen LogP contribution in [0.4, 0.5) is 17.1 Å². The SMILES string of the molecule is O=C1Nc2ccc([N+](=O)[O-])cc2[C@@]12Nc1ccccc1-c1[nH]c3ccccc3c12. The van der Waals surface area contributed by atoms with E-state index in [9.17, 15) is 14.9 Å². The molecule has 140 valence electrons. The number of rotatable bonds is 1. The molecule has 1 aromatic heterocycles. The minimum Gasteiger partial charge on any atom is -0.363 e. The minimum atomic E-state index is -1.26. The Labute approximate surface area is 164 Å². The fourth-order valence-corrected chi connectivity index (χ4v) is 4.58. The second-order valence-corrected chi connectivity index (χ2v) is 7.28. The van der Waals surface area contributed by atoms with Crippen LogP contribution in [0.5, 0.6) is 0 Å². The lowest BCUT2D eigenvalue weighted by Crippen LogP contribution is -2.45. The standard InChI is InChI=1S/C22H14N4O3/c27-21-22(15-11-12(26(28)29)9-10-18(15)24-21)19-13-5-1-3-7-16(13)23-20(19)14-6-2-4-8-17(14)25-22/h1-11,23,25H,(H,24,27)/t22-/m0/s1. The molecule has 4 aromatic rings. The number of aromatic amines is 1. The zero-order chi connectivity index (χ0) is 19.8. The fourth-order valence-electron chi connectivity index (χ4n) is 4.58. The summed E-state index contributed by atoms with van der Waals surface area (Å²) in [5.74, 6) is -0.256. The molecule has 3 N–H and O–H groups in total. The van der Waals surface area contributed by atoms with Crippen molar-refractivity contribution in [2.75, 3.05) is 10.6 Å². The van der Waals surface area contributed by atoms with Crippen molar-refractivity contribution in [1.29, 1.82) is 0 Å². The molecule has 7 nitrogen and oxygen atoms in total. The molecule has 0 saturated carbocycles. The third-order valence-corrected chi connectivity index (χ3v) is 5.81.